The molecular weight excluding hydrogens is 428 g/mol. The molecule has 2 atom stereocenters. The van der Waals surface area contributed by atoms with Gasteiger partial charge < -0.3 is 19.3 Å². The third-order valence-corrected chi connectivity index (χ3v) is 7.20. The Morgan fingerprint density at radius 3 is 2.47 bits per heavy atom. The van der Waals surface area contributed by atoms with Crippen LogP contribution in [0.25, 0.3) is 0 Å². The van der Waals surface area contributed by atoms with Gasteiger partial charge in [-0.15, -0.1) is 0 Å². The SMILES string of the molecule is CC[C@H](Oc1ccc2c(c1)[C@@H](c1ccc(C)cc1)N(C(=O)C1CC1)CC2)C(=O)N1CCOCC1. The van der Waals surface area contributed by atoms with E-state index in [1.165, 1.54) is 11.1 Å². The van der Waals surface area contributed by atoms with Gasteiger partial charge in [-0.1, -0.05) is 42.8 Å². The van der Waals surface area contributed by atoms with E-state index in [1.807, 2.05) is 17.9 Å². The Morgan fingerprint density at radius 1 is 1.06 bits per heavy atom. The Bertz CT molecular complexity index is 1040. The van der Waals surface area contributed by atoms with Crippen molar-refractivity contribution in [1.82, 2.24) is 9.80 Å². The molecule has 180 valence electrons. The van der Waals surface area contributed by atoms with Crippen molar-refractivity contribution in [2.75, 3.05) is 32.8 Å². The molecule has 5 rings (SSSR count). The van der Waals surface area contributed by atoms with Crippen molar-refractivity contribution in [3.05, 3.63) is 64.7 Å². The zero-order valence-corrected chi connectivity index (χ0v) is 20.2. The lowest BCUT2D eigenvalue weighted by Gasteiger charge is -2.38. The summed E-state index contributed by atoms with van der Waals surface area (Å²) in [5.74, 6) is 1.13. The monoisotopic (exact) mass is 462 g/mol. The molecule has 0 bridgehead atoms. The second-order valence-corrected chi connectivity index (χ2v) is 9.68. The van der Waals surface area contributed by atoms with Crippen LogP contribution >= 0.6 is 0 Å². The summed E-state index contributed by atoms with van der Waals surface area (Å²) >= 11 is 0. The lowest BCUT2D eigenvalue weighted by Crippen LogP contribution is -2.47. The first-order valence-corrected chi connectivity index (χ1v) is 12.6. The Labute approximate surface area is 201 Å². The maximum atomic E-state index is 13.2. The summed E-state index contributed by atoms with van der Waals surface area (Å²) in [4.78, 5) is 30.2. The van der Waals surface area contributed by atoms with Crippen LogP contribution in [0.3, 0.4) is 0 Å². The largest absolute Gasteiger partial charge is 0.481 e. The number of fused-ring (bicyclic) bond motifs is 1. The maximum absolute atomic E-state index is 13.2. The molecule has 2 aromatic carbocycles. The average Bonchev–Trinajstić information content (AvgIpc) is 3.72. The molecule has 0 N–H and O–H groups in total. The van der Waals surface area contributed by atoms with Crippen molar-refractivity contribution < 1.29 is 19.1 Å². The Kier molecular flexibility index (Phi) is 6.59. The number of hydrogen-bond acceptors (Lipinski definition) is 4. The topological polar surface area (TPSA) is 59.1 Å². The van der Waals surface area contributed by atoms with Crippen LogP contribution in [-0.2, 0) is 20.7 Å². The van der Waals surface area contributed by atoms with E-state index in [0.717, 1.165) is 36.9 Å². The van der Waals surface area contributed by atoms with E-state index in [2.05, 4.69) is 48.2 Å². The van der Waals surface area contributed by atoms with Crippen LogP contribution in [0.15, 0.2) is 42.5 Å². The number of carbonyl (C=O) groups is 2. The summed E-state index contributed by atoms with van der Waals surface area (Å²) in [6, 6.07) is 14.5. The highest BCUT2D eigenvalue weighted by Crippen LogP contribution is 2.41. The molecule has 2 aliphatic heterocycles. The second-order valence-electron chi connectivity index (χ2n) is 9.68. The minimum absolute atomic E-state index is 0.0177. The normalized spacial score (nSPS) is 21.1. The molecule has 2 aromatic rings. The lowest BCUT2D eigenvalue weighted by molar-refractivity contribution is -0.143. The first kappa shape index (κ1) is 22.9. The van der Waals surface area contributed by atoms with E-state index in [4.69, 9.17) is 9.47 Å². The number of benzene rings is 2. The zero-order chi connectivity index (χ0) is 23.7. The molecule has 2 amide bonds. The van der Waals surface area contributed by atoms with Gasteiger partial charge in [0.2, 0.25) is 5.91 Å². The third-order valence-electron chi connectivity index (χ3n) is 7.20. The molecule has 2 heterocycles. The number of rotatable bonds is 6. The highest BCUT2D eigenvalue weighted by Gasteiger charge is 2.39. The fourth-order valence-corrected chi connectivity index (χ4v) is 5.04. The predicted molar refractivity (Wildman–Crippen MR) is 130 cm³/mol. The van der Waals surface area contributed by atoms with E-state index in [0.29, 0.717) is 38.5 Å². The van der Waals surface area contributed by atoms with Gasteiger partial charge in [-0.25, -0.2) is 0 Å². The van der Waals surface area contributed by atoms with E-state index < -0.39 is 6.10 Å². The smallest absolute Gasteiger partial charge is 0.263 e. The number of hydrogen-bond donors (Lipinski definition) is 0. The van der Waals surface area contributed by atoms with Gasteiger partial charge in [-0.3, -0.25) is 9.59 Å². The number of aryl methyl sites for hydroxylation is 1. The molecular formula is C28H34N2O4. The first-order chi connectivity index (χ1) is 16.5. The van der Waals surface area contributed by atoms with Crippen LogP contribution < -0.4 is 4.74 Å². The van der Waals surface area contributed by atoms with Gasteiger partial charge in [0.05, 0.1) is 19.3 Å². The number of nitrogens with zero attached hydrogens (tertiary/aromatic N) is 2. The van der Waals surface area contributed by atoms with Gasteiger partial charge in [-0.2, -0.15) is 0 Å². The average molecular weight is 463 g/mol. The van der Waals surface area contributed by atoms with Crippen molar-refractivity contribution in [3.8, 4) is 5.75 Å². The summed E-state index contributed by atoms with van der Waals surface area (Å²) in [5, 5.41) is 0. The van der Waals surface area contributed by atoms with Gasteiger partial charge in [0, 0.05) is 25.6 Å². The Balaban J connectivity index is 1.44. The standard InChI is InChI=1S/C28H34N2O4/c1-3-25(28(32)29-14-16-33-17-15-29)34-23-11-10-20-12-13-30(27(31)22-8-9-22)26(24(20)18-23)21-6-4-19(2)5-7-21/h4-7,10-11,18,22,25-26H,3,8-9,12-17H2,1-2H3/t25-,26+/m0/s1. The molecule has 3 aliphatic rings. The van der Waals surface area contributed by atoms with Gasteiger partial charge in [-0.05, 0) is 61.4 Å². The zero-order valence-electron chi connectivity index (χ0n) is 20.2. The molecule has 1 saturated heterocycles. The second kappa shape index (κ2) is 9.79. The Morgan fingerprint density at radius 2 is 1.79 bits per heavy atom. The molecule has 6 heteroatoms. The first-order valence-electron chi connectivity index (χ1n) is 12.6. The molecule has 1 saturated carbocycles. The molecule has 1 aliphatic carbocycles. The van der Waals surface area contributed by atoms with Crippen molar-refractivity contribution in [2.45, 2.75) is 51.7 Å². The summed E-state index contributed by atoms with van der Waals surface area (Å²) in [7, 11) is 0. The van der Waals surface area contributed by atoms with Gasteiger partial charge in [0.15, 0.2) is 6.10 Å². The molecule has 0 unspecified atom stereocenters. The lowest BCUT2D eigenvalue weighted by atomic mass is 9.87. The summed E-state index contributed by atoms with van der Waals surface area (Å²) in [5.41, 5.74) is 4.67. The van der Waals surface area contributed by atoms with Crippen molar-refractivity contribution in [1.29, 1.82) is 0 Å². The summed E-state index contributed by atoms with van der Waals surface area (Å²) in [6.07, 6.45) is 2.89. The molecule has 0 spiro atoms. The third kappa shape index (κ3) is 4.69. The van der Waals surface area contributed by atoms with Gasteiger partial charge >= 0.3 is 0 Å². The van der Waals surface area contributed by atoms with E-state index >= 15 is 0 Å². The number of carbonyl (C=O) groups excluding carboxylic acids is 2. The fourth-order valence-electron chi connectivity index (χ4n) is 5.04. The molecule has 0 radical (unpaired) electrons. The van der Waals surface area contributed by atoms with E-state index in [9.17, 15) is 9.59 Å². The highest BCUT2D eigenvalue weighted by molar-refractivity contribution is 5.82. The maximum Gasteiger partial charge on any atom is 0.263 e. The van der Waals surface area contributed by atoms with Gasteiger partial charge in [0.1, 0.15) is 5.75 Å². The van der Waals surface area contributed by atoms with Gasteiger partial charge in [0.25, 0.3) is 5.91 Å². The fraction of sp³-hybridized carbons (Fsp3) is 0.500. The van der Waals surface area contributed by atoms with Crippen molar-refractivity contribution >= 4 is 11.8 Å². The number of amides is 2. The molecule has 0 aromatic heterocycles. The van der Waals surface area contributed by atoms with E-state index in [-0.39, 0.29) is 23.8 Å². The molecule has 34 heavy (non-hydrogen) atoms. The Hall–Kier alpha value is -2.86. The predicted octanol–water partition coefficient (Wildman–Crippen LogP) is 3.90. The highest BCUT2D eigenvalue weighted by atomic mass is 16.5. The molecule has 2 fully saturated rings. The van der Waals surface area contributed by atoms with Crippen LogP contribution in [0.2, 0.25) is 0 Å². The number of morpholine rings is 1. The minimum atomic E-state index is -0.526. The van der Waals surface area contributed by atoms with Crippen molar-refractivity contribution in [2.24, 2.45) is 5.92 Å². The van der Waals surface area contributed by atoms with Crippen LogP contribution in [0, 0.1) is 12.8 Å². The van der Waals surface area contributed by atoms with Crippen LogP contribution in [0.5, 0.6) is 5.75 Å². The quantitative estimate of drug-likeness (QED) is 0.654. The van der Waals surface area contributed by atoms with Crippen LogP contribution in [0.1, 0.15) is 54.5 Å². The number of ether oxygens (including phenoxy) is 2. The minimum Gasteiger partial charge on any atom is -0.481 e. The van der Waals surface area contributed by atoms with E-state index in [1.54, 1.807) is 0 Å². The molecule has 6 nitrogen and oxygen atoms in total. The van der Waals surface area contributed by atoms with Crippen LogP contribution in [-0.4, -0.2) is 60.6 Å². The summed E-state index contributed by atoms with van der Waals surface area (Å²) < 4.78 is 11.7. The van der Waals surface area contributed by atoms with Crippen molar-refractivity contribution in [3.63, 3.8) is 0 Å². The summed E-state index contributed by atoms with van der Waals surface area (Å²) in [6.45, 7) is 7.15. The van der Waals surface area contributed by atoms with Crippen LogP contribution in [0.4, 0.5) is 0 Å².